The number of nitrogens with zero attached hydrogens (tertiary/aromatic N) is 1. The molecule has 0 fully saturated rings. The Bertz CT molecular complexity index is 619. The van der Waals surface area contributed by atoms with E-state index in [0.29, 0.717) is 22.8 Å². The lowest BCUT2D eigenvalue weighted by atomic mass is 10.1. The number of rotatable bonds is 3. The predicted molar refractivity (Wildman–Crippen MR) is 73.2 cm³/mol. The minimum atomic E-state index is -0.0566. The van der Waals surface area contributed by atoms with Crippen LogP contribution in [0.25, 0.3) is 0 Å². The van der Waals surface area contributed by atoms with E-state index < -0.39 is 0 Å². The van der Waals surface area contributed by atoms with Crippen molar-refractivity contribution >= 4 is 11.6 Å². The molecule has 18 heavy (non-hydrogen) atoms. The Morgan fingerprint density at radius 1 is 1.39 bits per heavy atom. The Morgan fingerprint density at radius 3 is 2.83 bits per heavy atom. The molecule has 0 saturated heterocycles. The zero-order valence-corrected chi connectivity index (χ0v) is 11.2. The Balaban J connectivity index is 2.35. The van der Waals surface area contributed by atoms with Crippen LogP contribution in [-0.4, -0.2) is 9.97 Å². The van der Waals surface area contributed by atoms with Gasteiger partial charge in [-0.2, -0.15) is 0 Å². The highest BCUT2D eigenvalue weighted by molar-refractivity contribution is 6.30. The maximum atomic E-state index is 11.8. The summed E-state index contributed by atoms with van der Waals surface area (Å²) in [6, 6.07) is 7.57. The minimum absolute atomic E-state index is 0.0566. The fourth-order valence-corrected chi connectivity index (χ4v) is 2.11. The number of H-pyrrole nitrogens is 1. The summed E-state index contributed by atoms with van der Waals surface area (Å²) in [6.07, 6.45) is 1.35. The molecule has 94 valence electrons. The van der Waals surface area contributed by atoms with Crippen molar-refractivity contribution in [3.05, 3.63) is 62.3 Å². The Hall–Kier alpha value is -1.61. The first-order valence-corrected chi connectivity index (χ1v) is 6.31. The molecule has 2 aromatic rings. The van der Waals surface area contributed by atoms with Crippen LogP contribution >= 0.6 is 11.6 Å². The van der Waals surface area contributed by atoms with E-state index >= 15 is 0 Å². The van der Waals surface area contributed by atoms with Crippen molar-refractivity contribution in [2.75, 3.05) is 0 Å². The third-order valence-corrected chi connectivity index (χ3v) is 3.13. The largest absolute Gasteiger partial charge is 0.310 e. The van der Waals surface area contributed by atoms with Gasteiger partial charge in [-0.15, -0.1) is 0 Å². The molecule has 0 unspecified atom stereocenters. The first kappa shape index (κ1) is 12.8. The van der Waals surface area contributed by atoms with E-state index in [2.05, 4.69) is 9.97 Å². The first-order chi connectivity index (χ1) is 8.60. The molecular formula is C14H15ClN2O. The van der Waals surface area contributed by atoms with Gasteiger partial charge in [0.1, 0.15) is 5.82 Å². The molecule has 0 radical (unpaired) electrons. The number of aromatic amines is 1. The lowest BCUT2D eigenvalue weighted by Gasteiger charge is -2.06. The third-order valence-electron chi connectivity index (χ3n) is 2.90. The van der Waals surface area contributed by atoms with Gasteiger partial charge in [0.2, 0.25) is 0 Å². The van der Waals surface area contributed by atoms with Crippen LogP contribution in [0.5, 0.6) is 0 Å². The van der Waals surface area contributed by atoms with Crippen molar-refractivity contribution < 1.29 is 0 Å². The van der Waals surface area contributed by atoms with Crippen LogP contribution in [0.2, 0.25) is 5.02 Å². The molecule has 0 spiro atoms. The lowest BCUT2D eigenvalue weighted by molar-refractivity contribution is 0.868. The molecule has 0 aliphatic heterocycles. The zero-order valence-electron chi connectivity index (χ0n) is 10.5. The molecule has 0 bridgehead atoms. The fraction of sp³-hybridized carbons (Fsp3) is 0.286. The summed E-state index contributed by atoms with van der Waals surface area (Å²) >= 11 is 5.93. The number of nitrogens with one attached hydrogen (secondary N) is 1. The Kier molecular flexibility index (Phi) is 3.82. The predicted octanol–water partition coefficient (Wildman–Crippen LogP) is 2.88. The van der Waals surface area contributed by atoms with Crippen LogP contribution in [0, 0.1) is 6.92 Å². The van der Waals surface area contributed by atoms with Crippen LogP contribution < -0.4 is 5.56 Å². The first-order valence-electron chi connectivity index (χ1n) is 5.93. The standard InChI is InChI=1S/C14H15ClN2O/c1-3-12-9(2)14(18)17-13(16-12)8-10-5-4-6-11(15)7-10/h4-7H,3,8H2,1-2H3,(H,16,17,18). The van der Waals surface area contributed by atoms with Gasteiger partial charge in [0.25, 0.3) is 5.56 Å². The van der Waals surface area contributed by atoms with Crippen LogP contribution in [0.4, 0.5) is 0 Å². The Labute approximate surface area is 111 Å². The summed E-state index contributed by atoms with van der Waals surface area (Å²) in [7, 11) is 0. The van der Waals surface area contributed by atoms with Crippen molar-refractivity contribution in [3.63, 3.8) is 0 Å². The number of halogens is 1. The summed E-state index contributed by atoms with van der Waals surface area (Å²) in [5.74, 6) is 0.685. The topological polar surface area (TPSA) is 45.8 Å². The summed E-state index contributed by atoms with van der Waals surface area (Å²) in [4.78, 5) is 19.0. The van der Waals surface area contributed by atoms with E-state index in [-0.39, 0.29) is 5.56 Å². The van der Waals surface area contributed by atoms with Gasteiger partial charge < -0.3 is 4.98 Å². The second-order valence-corrected chi connectivity index (χ2v) is 4.68. The number of aryl methyl sites for hydroxylation is 1. The fourth-order valence-electron chi connectivity index (χ4n) is 1.90. The molecule has 1 N–H and O–H groups in total. The second-order valence-electron chi connectivity index (χ2n) is 4.24. The number of aromatic nitrogens is 2. The van der Waals surface area contributed by atoms with E-state index in [4.69, 9.17) is 11.6 Å². The molecule has 4 heteroatoms. The number of hydrogen-bond acceptors (Lipinski definition) is 2. The summed E-state index contributed by atoms with van der Waals surface area (Å²) < 4.78 is 0. The van der Waals surface area contributed by atoms with Gasteiger partial charge in [-0.05, 0) is 31.0 Å². The van der Waals surface area contributed by atoms with Crippen molar-refractivity contribution in [1.29, 1.82) is 0 Å². The van der Waals surface area contributed by atoms with Gasteiger partial charge >= 0.3 is 0 Å². The monoisotopic (exact) mass is 262 g/mol. The third kappa shape index (κ3) is 2.79. The maximum Gasteiger partial charge on any atom is 0.254 e. The average Bonchev–Trinajstić information content (AvgIpc) is 2.33. The quantitative estimate of drug-likeness (QED) is 0.925. The normalized spacial score (nSPS) is 10.6. The molecule has 1 aromatic carbocycles. The molecule has 1 heterocycles. The molecule has 1 aromatic heterocycles. The van der Waals surface area contributed by atoms with E-state index in [9.17, 15) is 4.79 Å². The van der Waals surface area contributed by atoms with Crippen LogP contribution in [0.15, 0.2) is 29.1 Å². The molecular weight excluding hydrogens is 248 g/mol. The summed E-state index contributed by atoms with van der Waals surface area (Å²) in [5.41, 5.74) is 2.54. The van der Waals surface area contributed by atoms with Crippen molar-refractivity contribution in [1.82, 2.24) is 9.97 Å². The van der Waals surface area contributed by atoms with Gasteiger partial charge in [0, 0.05) is 17.0 Å². The van der Waals surface area contributed by atoms with Gasteiger partial charge in [0.05, 0.1) is 5.69 Å². The number of hydrogen-bond donors (Lipinski definition) is 1. The van der Waals surface area contributed by atoms with E-state index in [1.54, 1.807) is 6.92 Å². The van der Waals surface area contributed by atoms with E-state index in [0.717, 1.165) is 17.7 Å². The van der Waals surface area contributed by atoms with Crippen LogP contribution in [0.1, 0.15) is 29.6 Å². The van der Waals surface area contributed by atoms with Gasteiger partial charge in [-0.1, -0.05) is 30.7 Å². The molecule has 0 aliphatic carbocycles. The van der Waals surface area contributed by atoms with E-state index in [1.165, 1.54) is 0 Å². The van der Waals surface area contributed by atoms with Crippen molar-refractivity contribution in [3.8, 4) is 0 Å². The average molecular weight is 263 g/mol. The SMILES string of the molecule is CCc1nc(Cc2cccc(Cl)c2)[nH]c(=O)c1C. The molecule has 0 atom stereocenters. The highest BCUT2D eigenvalue weighted by atomic mass is 35.5. The van der Waals surface area contributed by atoms with E-state index in [1.807, 2.05) is 31.2 Å². The van der Waals surface area contributed by atoms with Gasteiger partial charge in [0.15, 0.2) is 0 Å². The highest BCUT2D eigenvalue weighted by Crippen LogP contribution is 2.13. The maximum absolute atomic E-state index is 11.8. The zero-order chi connectivity index (χ0) is 13.1. The highest BCUT2D eigenvalue weighted by Gasteiger charge is 2.06. The molecule has 2 rings (SSSR count). The molecule has 0 aliphatic rings. The van der Waals surface area contributed by atoms with Crippen molar-refractivity contribution in [2.24, 2.45) is 0 Å². The van der Waals surface area contributed by atoms with Crippen molar-refractivity contribution in [2.45, 2.75) is 26.7 Å². The lowest BCUT2D eigenvalue weighted by Crippen LogP contribution is -2.17. The Morgan fingerprint density at radius 2 is 2.17 bits per heavy atom. The number of benzene rings is 1. The molecule has 0 amide bonds. The van der Waals surface area contributed by atoms with Crippen LogP contribution in [0.3, 0.4) is 0 Å². The van der Waals surface area contributed by atoms with Gasteiger partial charge in [-0.3, -0.25) is 4.79 Å². The summed E-state index contributed by atoms with van der Waals surface area (Å²) in [5, 5.41) is 0.692. The minimum Gasteiger partial charge on any atom is -0.310 e. The van der Waals surface area contributed by atoms with Gasteiger partial charge in [-0.25, -0.2) is 4.98 Å². The smallest absolute Gasteiger partial charge is 0.254 e. The van der Waals surface area contributed by atoms with Crippen LogP contribution in [-0.2, 0) is 12.8 Å². The summed E-state index contributed by atoms with van der Waals surface area (Å²) in [6.45, 7) is 3.80. The molecule has 0 saturated carbocycles. The molecule has 3 nitrogen and oxygen atoms in total. The second kappa shape index (κ2) is 5.36.